The summed E-state index contributed by atoms with van der Waals surface area (Å²) in [4.78, 5) is 0. The largest absolute Gasteiger partial charge is 0.0928 e. The Morgan fingerprint density at radius 3 is 1.94 bits per heavy atom. The number of halogens is 1. The van der Waals surface area contributed by atoms with Crippen LogP contribution in [0.25, 0.3) is 0 Å². The lowest BCUT2D eigenvalue weighted by Crippen LogP contribution is -1.97. The van der Waals surface area contributed by atoms with Gasteiger partial charge >= 0.3 is 0 Å². The van der Waals surface area contributed by atoms with Crippen LogP contribution in [0.5, 0.6) is 0 Å². The maximum atomic E-state index is 3.51. The van der Waals surface area contributed by atoms with Crippen molar-refractivity contribution in [2.24, 2.45) is 11.8 Å². The van der Waals surface area contributed by atoms with Gasteiger partial charge in [0.05, 0.1) is 0 Å². The highest BCUT2D eigenvalue weighted by Crippen LogP contribution is 2.37. The van der Waals surface area contributed by atoms with Gasteiger partial charge < -0.3 is 0 Å². The number of hydrogen-bond acceptors (Lipinski definition) is 0. The van der Waals surface area contributed by atoms with E-state index >= 15 is 0 Å². The third-order valence-electron chi connectivity index (χ3n) is 4.36. The monoisotopic (exact) mass is 302 g/mol. The van der Waals surface area contributed by atoms with Crippen LogP contribution in [0.3, 0.4) is 0 Å². The maximum Gasteiger partial charge on any atom is 0.00313 e. The van der Waals surface area contributed by atoms with Crippen LogP contribution in [0.1, 0.15) is 84.0 Å². The van der Waals surface area contributed by atoms with Crippen LogP contribution < -0.4 is 0 Å². The molecule has 1 fully saturated rings. The van der Waals surface area contributed by atoms with Gasteiger partial charge in [0, 0.05) is 5.33 Å². The molecule has 102 valence electrons. The van der Waals surface area contributed by atoms with Crippen molar-refractivity contribution in [3.63, 3.8) is 0 Å². The molecule has 0 nitrogen and oxygen atoms in total. The zero-order chi connectivity index (χ0) is 12.3. The van der Waals surface area contributed by atoms with Crippen LogP contribution in [0.15, 0.2) is 0 Å². The van der Waals surface area contributed by atoms with Crippen LogP contribution in [0.4, 0.5) is 0 Å². The van der Waals surface area contributed by atoms with Gasteiger partial charge in [0.2, 0.25) is 0 Å². The van der Waals surface area contributed by atoms with E-state index in [1.165, 1.54) is 76.0 Å². The molecule has 0 aliphatic heterocycles. The molecule has 0 heterocycles. The predicted octanol–water partition coefficient (Wildman–Crippen LogP) is 6.33. The zero-order valence-electron chi connectivity index (χ0n) is 11.7. The van der Waals surface area contributed by atoms with E-state index in [-0.39, 0.29) is 0 Å². The molecule has 17 heavy (non-hydrogen) atoms. The molecule has 0 bridgehead atoms. The van der Waals surface area contributed by atoms with E-state index in [0.29, 0.717) is 0 Å². The molecule has 2 unspecified atom stereocenters. The van der Waals surface area contributed by atoms with E-state index in [0.717, 1.165) is 11.8 Å². The van der Waals surface area contributed by atoms with E-state index in [1.54, 1.807) is 6.42 Å². The van der Waals surface area contributed by atoms with Gasteiger partial charge in [0.25, 0.3) is 0 Å². The summed E-state index contributed by atoms with van der Waals surface area (Å²) >= 11 is 3.51. The molecule has 0 radical (unpaired) electrons. The molecule has 2 atom stereocenters. The predicted molar refractivity (Wildman–Crippen MR) is 81.9 cm³/mol. The van der Waals surface area contributed by atoms with E-state index in [9.17, 15) is 0 Å². The van der Waals surface area contributed by atoms with Gasteiger partial charge in [-0.1, -0.05) is 87.1 Å². The fraction of sp³-hybridized carbons (Fsp3) is 1.00. The minimum Gasteiger partial charge on any atom is -0.0928 e. The summed E-state index contributed by atoms with van der Waals surface area (Å²) in [6, 6.07) is 0. The van der Waals surface area contributed by atoms with Crippen molar-refractivity contribution in [3.05, 3.63) is 0 Å². The second-order valence-electron chi connectivity index (χ2n) is 5.93. The molecule has 0 aromatic heterocycles. The van der Waals surface area contributed by atoms with Crippen molar-refractivity contribution in [2.75, 3.05) is 5.33 Å². The molecule has 0 spiro atoms. The fourth-order valence-corrected chi connectivity index (χ4v) is 3.66. The summed E-state index contributed by atoms with van der Waals surface area (Å²) in [5.74, 6) is 2.18. The first-order chi connectivity index (χ1) is 8.36. The van der Waals surface area contributed by atoms with Crippen LogP contribution in [0, 0.1) is 11.8 Å². The molecule has 0 aromatic carbocycles. The Balaban J connectivity index is 1.95. The number of rotatable bonds is 10. The van der Waals surface area contributed by atoms with E-state index < -0.39 is 0 Å². The minimum absolute atomic E-state index is 1.08. The smallest absolute Gasteiger partial charge is 0.00313 e. The van der Waals surface area contributed by atoms with Gasteiger partial charge in [-0.15, -0.1) is 0 Å². The molecule has 1 saturated carbocycles. The second-order valence-corrected chi connectivity index (χ2v) is 6.73. The number of alkyl halides is 1. The topological polar surface area (TPSA) is 0 Å². The van der Waals surface area contributed by atoms with Gasteiger partial charge in [-0.2, -0.15) is 0 Å². The Kier molecular flexibility index (Phi) is 9.51. The van der Waals surface area contributed by atoms with Gasteiger partial charge in [0.15, 0.2) is 0 Å². The number of hydrogen-bond donors (Lipinski definition) is 0. The van der Waals surface area contributed by atoms with Gasteiger partial charge in [-0.3, -0.25) is 0 Å². The summed E-state index contributed by atoms with van der Waals surface area (Å²) in [6.07, 6.45) is 17.7. The molecular formula is C16H31Br. The molecular weight excluding hydrogens is 272 g/mol. The summed E-state index contributed by atoms with van der Waals surface area (Å²) < 4.78 is 0. The average Bonchev–Trinajstić information content (AvgIpc) is 2.78. The molecule has 0 N–H and O–H groups in total. The minimum atomic E-state index is 1.08. The molecule has 0 saturated heterocycles. The molecule has 1 aliphatic carbocycles. The third-order valence-corrected chi connectivity index (χ3v) is 4.92. The molecule has 0 aromatic rings. The van der Waals surface area contributed by atoms with E-state index in [2.05, 4.69) is 22.9 Å². The fourth-order valence-electron chi connectivity index (χ4n) is 3.27. The summed E-state index contributed by atoms with van der Waals surface area (Å²) in [7, 11) is 0. The molecule has 1 heteroatoms. The van der Waals surface area contributed by atoms with Crippen molar-refractivity contribution in [3.8, 4) is 0 Å². The van der Waals surface area contributed by atoms with Crippen molar-refractivity contribution in [1.82, 2.24) is 0 Å². The van der Waals surface area contributed by atoms with Gasteiger partial charge in [-0.05, 0) is 24.7 Å². The first kappa shape index (κ1) is 15.5. The van der Waals surface area contributed by atoms with Gasteiger partial charge in [0.1, 0.15) is 0 Å². The van der Waals surface area contributed by atoms with Crippen molar-refractivity contribution in [2.45, 2.75) is 84.0 Å². The zero-order valence-corrected chi connectivity index (χ0v) is 13.3. The van der Waals surface area contributed by atoms with Crippen molar-refractivity contribution < 1.29 is 0 Å². The Morgan fingerprint density at radius 1 is 0.824 bits per heavy atom. The van der Waals surface area contributed by atoms with E-state index in [4.69, 9.17) is 0 Å². The maximum absolute atomic E-state index is 3.51. The summed E-state index contributed by atoms with van der Waals surface area (Å²) in [6.45, 7) is 2.30. The Morgan fingerprint density at radius 2 is 1.41 bits per heavy atom. The highest BCUT2D eigenvalue weighted by atomic mass is 79.9. The third kappa shape index (κ3) is 7.49. The van der Waals surface area contributed by atoms with Crippen LogP contribution in [-0.4, -0.2) is 5.33 Å². The first-order valence-corrected chi connectivity index (χ1v) is 9.05. The lowest BCUT2D eigenvalue weighted by atomic mass is 9.95. The van der Waals surface area contributed by atoms with Gasteiger partial charge in [-0.25, -0.2) is 0 Å². The molecule has 0 amide bonds. The lowest BCUT2D eigenvalue weighted by Gasteiger charge is -2.11. The highest BCUT2D eigenvalue weighted by molar-refractivity contribution is 9.09. The summed E-state index contributed by atoms with van der Waals surface area (Å²) in [5, 5.41) is 1.19. The second kappa shape index (κ2) is 10.4. The standard InChI is InChI=1S/C16H31Br/c1-2-3-4-6-9-15-11-12-16(14-15)10-7-5-8-13-17/h15-16H,2-14H2,1H3. The average molecular weight is 303 g/mol. The van der Waals surface area contributed by atoms with Crippen LogP contribution in [-0.2, 0) is 0 Å². The molecule has 1 aliphatic rings. The van der Waals surface area contributed by atoms with Crippen LogP contribution >= 0.6 is 15.9 Å². The molecule has 1 rings (SSSR count). The van der Waals surface area contributed by atoms with Crippen molar-refractivity contribution in [1.29, 1.82) is 0 Å². The quantitative estimate of drug-likeness (QED) is 0.327. The van der Waals surface area contributed by atoms with Crippen molar-refractivity contribution >= 4 is 15.9 Å². The lowest BCUT2D eigenvalue weighted by molar-refractivity contribution is 0.419. The number of unbranched alkanes of at least 4 members (excludes halogenated alkanes) is 5. The Bertz CT molecular complexity index is 149. The SMILES string of the molecule is CCCCCCC1CCC(CCCCCBr)C1. The van der Waals surface area contributed by atoms with E-state index in [1.807, 2.05) is 0 Å². The Labute approximate surface area is 117 Å². The first-order valence-electron chi connectivity index (χ1n) is 7.92. The van der Waals surface area contributed by atoms with Crippen LogP contribution in [0.2, 0.25) is 0 Å². The Hall–Kier alpha value is 0.480. The normalized spacial score (nSPS) is 24.4. The summed E-state index contributed by atoms with van der Waals surface area (Å²) in [5.41, 5.74) is 0. The highest BCUT2D eigenvalue weighted by Gasteiger charge is 2.23.